The van der Waals surface area contributed by atoms with Crippen LogP contribution in [0.1, 0.15) is 23.4 Å². The van der Waals surface area contributed by atoms with Crippen LogP contribution in [0, 0.1) is 0 Å². The molecule has 23 heavy (non-hydrogen) atoms. The number of carbonyl (C=O) groups excluding carboxylic acids is 2. The molecule has 1 saturated heterocycles. The second-order valence-corrected chi connectivity index (χ2v) is 6.06. The molecule has 1 N–H and O–H groups in total. The average Bonchev–Trinajstić information content (AvgIpc) is 2.99. The summed E-state index contributed by atoms with van der Waals surface area (Å²) in [6, 6.07) is 3.35. The van der Waals surface area contributed by atoms with Gasteiger partial charge in [-0.25, -0.2) is 0 Å². The Morgan fingerprint density at radius 1 is 1.35 bits per heavy atom. The van der Waals surface area contributed by atoms with Gasteiger partial charge in [-0.3, -0.25) is 9.59 Å². The predicted molar refractivity (Wildman–Crippen MR) is 86.2 cm³/mol. The summed E-state index contributed by atoms with van der Waals surface area (Å²) in [4.78, 5) is 25.7. The van der Waals surface area contributed by atoms with Gasteiger partial charge >= 0.3 is 0 Å². The van der Waals surface area contributed by atoms with Gasteiger partial charge in [0.2, 0.25) is 5.91 Å². The molecule has 8 heteroatoms. The van der Waals surface area contributed by atoms with Crippen molar-refractivity contribution in [1.82, 2.24) is 10.2 Å². The third-order valence-electron chi connectivity index (χ3n) is 3.64. The summed E-state index contributed by atoms with van der Waals surface area (Å²) < 4.78 is 15.8. The highest BCUT2D eigenvalue weighted by molar-refractivity contribution is 9.10. The Morgan fingerprint density at radius 2 is 2.09 bits per heavy atom. The van der Waals surface area contributed by atoms with Crippen LogP contribution in [0.2, 0.25) is 0 Å². The molecule has 128 valence electrons. The highest BCUT2D eigenvalue weighted by atomic mass is 79.9. The van der Waals surface area contributed by atoms with Crippen LogP contribution < -0.4 is 5.32 Å². The third kappa shape index (κ3) is 5.63. The molecule has 0 radical (unpaired) electrons. The number of likely N-dealkylation sites (tertiary alicyclic amines) is 1. The molecule has 7 nitrogen and oxygen atoms in total. The van der Waals surface area contributed by atoms with Gasteiger partial charge in [-0.2, -0.15) is 0 Å². The van der Waals surface area contributed by atoms with Crippen LogP contribution >= 0.6 is 15.9 Å². The van der Waals surface area contributed by atoms with Gasteiger partial charge in [0.15, 0.2) is 10.4 Å². The fourth-order valence-electron chi connectivity index (χ4n) is 2.36. The summed E-state index contributed by atoms with van der Waals surface area (Å²) in [6.45, 7) is 2.18. The molecule has 0 unspecified atom stereocenters. The van der Waals surface area contributed by atoms with E-state index in [0.29, 0.717) is 31.0 Å². The molecule has 0 bridgehead atoms. The normalized spacial score (nSPS) is 15.7. The number of methoxy groups -OCH3 is 1. The van der Waals surface area contributed by atoms with Crippen molar-refractivity contribution in [3.8, 4) is 0 Å². The van der Waals surface area contributed by atoms with Crippen molar-refractivity contribution in [3.63, 3.8) is 0 Å². The Hall–Kier alpha value is -1.38. The Morgan fingerprint density at radius 3 is 2.70 bits per heavy atom. The summed E-state index contributed by atoms with van der Waals surface area (Å²) in [5.41, 5.74) is 0. The zero-order valence-electron chi connectivity index (χ0n) is 13.0. The highest BCUT2D eigenvalue weighted by Crippen LogP contribution is 2.15. The van der Waals surface area contributed by atoms with Gasteiger partial charge in [0, 0.05) is 26.2 Å². The summed E-state index contributed by atoms with van der Waals surface area (Å²) in [7, 11) is 1.59. The van der Waals surface area contributed by atoms with E-state index in [4.69, 9.17) is 13.9 Å². The lowest BCUT2D eigenvalue weighted by Gasteiger charge is -2.32. The minimum atomic E-state index is -0.233. The molecule has 1 aliphatic heterocycles. The SMILES string of the molecule is COCCOCC(=O)N1CCC(NC(=O)c2ccc(Br)o2)CC1. The lowest BCUT2D eigenvalue weighted by molar-refractivity contribution is -0.137. The topological polar surface area (TPSA) is 81.0 Å². The smallest absolute Gasteiger partial charge is 0.287 e. The third-order valence-corrected chi connectivity index (χ3v) is 4.06. The number of halogens is 1. The molecule has 1 aromatic heterocycles. The van der Waals surface area contributed by atoms with Crippen LogP contribution in [0.5, 0.6) is 0 Å². The first-order valence-electron chi connectivity index (χ1n) is 7.51. The van der Waals surface area contributed by atoms with Crippen molar-refractivity contribution in [2.75, 3.05) is 40.0 Å². The van der Waals surface area contributed by atoms with Crippen LogP contribution in [0.15, 0.2) is 21.2 Å². The molecule has 0 atom stereocenters. The van der Waals surface area contributed by atoms with E-state index in [1.165, 1.54) is 0 Å². The van der Waals surface area contributed by atoms with Gasteiger partial charge in [-0.05, 0) is 40.9 Å². The fraction of sp³-hybridized carbons (Fsp3) is 0.600. The molecular weight excluding hydrogens is 368 g/mol. The number of nitrogens with one attached hydrogen (secondary N) is 1. The molecule has 2 rings (SSSR count). The first-order chi connectivity index (χ1) is 11.1. The average molecular weight is 389 g/mol. The van der Waals surface area contributed by atoms with Crippen LogP contribution in [-0.2, 0) is 14.3 Å². The van der Waals surface area contributed by atoms with Gasteiger partial charge < -0.3 is 24.1 Å². The van der Waals surface area contributed by atoms with Crippen LogP contribution in [0.4, 0.5) is 0 Å². The van der Waals surface area contributed by atoms with E-state index in [2.05, 4.69) is 21.2 Å². The molecule has 1 aromatic rings. The Bertz CT molecular complexity index is 526. The van der Waals surface area contributed by atoms with Crippen LogP contribution in [0.3, 0.4) is 0 Å². The largest absolute Gasteiger partial charge is 0.444 e. The number of piperidine rings is 1. The van der Waals surface area contributed by atoms with Crippen LogP contribution in [-0.4, -0.2) is 62.8 Å². The zero-order chi connectivity index (χ0) is 16.7. The predicted octanol–water partition coefficient (Wildman–Crippen LogP) is 1.43. The van der Waals surface area contributed by atoms with Crippen molar-refractivity contribution in [2.24, 2.45) is 0 Å². The second-order valence-electron chi connectivity index (χ2n) is 5.28. The van der Waals surface area contributed by atoms with Crippen molar-refractivity contribution < 1.29 is 23.5 Å². The Balaban J connectivity index is 1.69. The number of ether oxygens (including phenoxy) is 2. The summed E-state index contributed by atoms with van der Waals surface area (Å²) in [5, 5.41) is 2.93. The molecular formula is C15H21BrN2O5. The first-order valence-corrected chi connectivity index (χ1v) is 8.30. The van der Waals surface area contributed by atoms with E-state index in [9.17, 15) is 9.59 Å². The summed E-state index contributed by atoms with van der Waals surface area (Å²) in [6.07, 6.45) is 1.44. The van der Waals surface area contributed by atoms with E-state index >= 15 is 0 Å². The van der Waals surface area contributed by atoms with Crippen molar-refractivity contribution >= 4 is 27.7 Å². The van der Waals surface area contributed by atoms with Crippen molar-refractivity contribution in [3.05, 3.63) is 22.6 Å². The number of hydrogen-bond acceptors (Lipinski definition) is 5. The van der Waals surface area contributed by atoms with Crippen LogP contribution in [0.25, 0.3) is 0 Å². The van der Waals surface area contributed by atoms with Gasteiger partial charge in [0.05, 0.1) is 13.2 Å². The molecule has 2 heterocycles. The fourth-order valence-corrected chi connectivity index (χ4v) is 2.67. The highest BCUT2D eigenvalue weighted by Gasteiger charge is 2.24. The van der Waals surface area contributed by atoms with Gasteiger partial charge in [-0.15, -0.1) is 0 Å². The molecule has 0 saturated carbocycles. The summed E-state index contributed by atoms with van der Waals surface area (Å²) in [5.74, 6) is 0.0196. The number of furan rings is 1. The van der Waals surface area contributed by atoms with Gasteiger partial charge in [0.1, 0.15) is 6.61 Å². The Labute approximate surface area is 143 Å². The number of amides is 2. The summed E-state index contributed by atoms with van der Waals surface area (Å²) >= 11 is 3.17. The van der Waals surface area contributed by atoms with E-state index in [1.807, 2.05) is 0 Å². The van der Waals surface area contributed by atoms with Crippen molar-refractivity contribution in [1.29, 1.82) is 0 Å². The van der Waals surface area contributed by atoms with Gasteiger partial charge in [0.25, 0.3) is 5.91 Å². The second kappa shape index (κ2) is 9.05. The van der Waals surface area contributed by atoms with E-state index in [1.54, 1.807) is 24.1 Å². The van der Waals surface area contributed by atoms with Gasteiger partial charge in [-0.1, -0.05) is 0 Å². The molecule has 1 aliphatic rings. The standard InChI is InChI=1S/C15H21BrN2O5/c1-21-8-9-22-10-14(19)18-6-4-11(5-7-18)17-15(20)12-2-3-13(16)23-12/h2-3,11H,4-10H2,1H3,(H,17,20). The maximum atomic E-state index is 12.0. The minimum Gasteiger partial charge on any atom is -0.444 e. The molecule has 2 amide bonds. The molecule has 0 aliphatic carbocycles. The lowest BCUT2D eigenvalue weighted by atomic mass is 10.0. The molecule has 1 fully saturated rings. The maximum Gasteiger partial charge on any atom is 0.287 e. The minimum absolute atomic E-state index is 0.0270. The Kier molecular flexibility index (Phi) is 7.07. The maximum absolute atomic E-state index is 12.0. The molecule has 0 spiro atoms. The molecule has 0 aromatic carbocycles. The quantitative estimate of drug-likeness (QED) is 0.714. The zero-order valence-corrected chi connectivity index (χ0v) is 14.6. The van der Waals surface area contributed by atoms with Crippen molar-refractivity contribution in [2.45, 2.75) is 18.9 Å². The number of rotatable bonds is 7. The van der Waals surface area contributed by atoms with E-state index < -0.39 is 0 Å². The first kappa shape index (κ1) is 18.0. The number of nitrogens with zero attached hydrogens (tertiary/aromatic N) is 1. The number of hydrogen-bond donors (Lipinski definition) is 1. The number of carbonyl (C=O) groups is 2. The lowest BCUT2D eigenvalue weighted by Crippen LogP contribution is -2.47. The van der Waals surface area contributed by atoms with E-state index in [0.717, 1.165) is 12.8 Å². The van der Waals surface area contributed by atoms with E-state index in [-0.39, 0.29) is 30.2 Å². The monoisotopic (exact) mass is 388 g/mol.